The fraction of sp³-hybridized carbons (Fsp3) is 0.615. The van der Waals surface area contributed by atoms with Crippen LogP contribution in [0.2, 0.25) is 0 Å². The van der Waals surface area contributed by atoms with E-state index in [2.05, 4.69) is 19.1 Å². The highest BCUT2D eigenvalue weighted by Crippen LogP contribution is 2.26. The van der Waals surface area contributed by atoms with Crippen LogP contribution in [0, 0.1) is 5.92 Å². The Morgan fingerprint density at radius 1 is 0.938 bits per heavy atom. The first-order chi connectivity index (χ1) is 15.3. The van der Waals surface area contributed by atoms with E-state index in [9.17, 15) is 5.11 Å². The average molecular weight is 455 g/mol. The van der Waals surface area contributed by atoms with Gasteiger partial charge in [0.25, 0.3) is 0 Å². The molecule has 0 saturated heterocycles. The molecule has 1 rings (SSSR count). The second kappa shape index (κ2) is 21.2. The number of aliphatic hydroxyl groups is 1. The van der Waals surface area contributed by atoms with Gasteiger partial charge in [0, 0.05) is 39.6 Å². The molecule has 0 saturated carbocycles. The first-order valence-corrected chi connectivity index (χ1v) is 11.1. The van der Waals surface area contributed by atoms with Crippen LogP contribution >= 0.6 is 0 Å². The molecule has 0 aliphatic heterocycles. The Kier molecular flexibility index (Phi) is 21.5. The van der Waals surface area contributed by atoms with E-state index in [-0.39, 0.29) is 11.9 Å². The number of aliphatic hydroxyl groups excluding tert-OH is 1. The Bertz CT molecular complexity index is 610. The Labute approximate surface area is 195 Å². The molecule has 186 valence electrons. The van der Waals surface area contributed by atoms with Gasteiger partial charge in [-0.3, -0.25) is 0 Å². The van der Waals surface area contributed by atoms with Gasteiger partial charge in [0.15, 0.2) is 0 Å². The zero-order valence-electron chi connectivity index (χ0n) is 21.6. The molecule has 1 aromatic rings. The van der Waals surface area contributed by atoms with Crippen molar-refractivity contribution >= 4 is 0 Å². The molecule has 0 aliphatic carbocycles. The number of phenols is 1. The van der Waals surface area contributed by atoms with Crippen molar-refractivity contribution < 1.29 is 29.2 Å². The second-order valence-electron chi connectivity index (χ2n) is 7.17. The summed E-state index contributed by atoms with van der Waals surface area (Å²) >= 11 is 0. The third kappa shape index (κ3) is 14.4. The van der Waals surface area contributed by atoms with Crippen molar-refractivity contribution in [3.8, 4) is 5.75 Å². The molecule has 0 spiro atoms. The molecule has 32 heavy (non-hydrogen) atoms. The number of hydrogen-bond donors (Lipinski definition) is 2. The van der Waals surface area contributed by atoms with Gasteiger partial charge in [-0.25, -0.2) is 0 Å². The van der Waals surface area contributed by atoms with Gasteiger partial charge >= 0.3 is 0 Å². The molecular formula is C26H46O6. The fourth-order valence-electron chi connectivity index (χ4n) is 2.85. The molecule has 0 heterocycles. The average Bonchev–Trinajstić information content (AvgIpc) is 2.77. The number of rotatable bonds is 12. The minimum Gasteiger partial charge on any atom is -0.507 e. The quantitative estimate of drug-likeness (QED) is 0.430. The number of methoxy groups -OCH3 is 4. The third-order valence-corrected chi connectivity index (χ3v) is 4.39. The van der Waals surface area contributed by atoms with E-state index in [4.69, 9.17) is 24.1 Å². The number of benzene rings is 1. The highest BCUT2D eigenvalue weighted by Gasteiger charge is 2.09. The molecule has 0 amide bonds. The van der Waals surface area contributed by atoms with Gasteiger partial charge in [-0.15, -0.1) is 0 Å². The van der Waals surface area contributed by atoms with Crippen LogP contribution in [-0.2, 0) is 38.6 Å². The van der Waals surface area contributed by atoms with Gasteiger partial charge in [0.2, 0.25) is 0 Å². The smallest absolute Gasteiger partial charge is 0.126 e. The van der Waals surface area contributed by atoms with Crippen molar-refractivity contribution in [3.63, 3.8) is 0 Å². The molecule has 0 fully saturated rings. The minimum atomic E-state index is -0.380. The number of aromatic hydroxyl groups is 1. The first-order valence-electron chi connectivity index (χ1n) is 11.1. The SMILES string of the molecule is C/C=C(/COC)C(C)O.CC.COCc1cc(C/C=C/C(C)COC)cc(COC)c1O. The summed E-state index contributed by atoms with van der Waals surface area (Å²) in [5.74, 6) is 0.656. The predicted octanol–water partition coefficient (Wildman–Crippen LogP) is 5.05. The van der Waals surface area contributed by atoms with E-state index < -0.39 is 0 Å². The topological polar surface area (TPSA) is 77.4 Å². The maximum absolute atomic E-state index is 10.2. The summed E-state index contributed by atoms with van der Waals surface area (Å²) in [6.07, 6.45) is 6.57. The van der Waals surface area contributed by atoms with Gasteiger partial charge in [-0.05, 0) is 49.5 Å². The van der Waals surface area contributed by atoms with Crippen LogP contribution in [0.3, 0.4) is 0 Å². The summed E-state index contributed by atoms with van der Waals surface area (Å²) in [7, 11) is 6.56. The van der Waals surface area contributed by atoms with Gasteiger partial charge < -0.3 is 29.2 Å². The Balaban J connectivity index is 0. The van der Waals surface area contributed by atoms with E-state index in [0.717, 1.165) is 35.3 Å². The lowest BCUT2D eigenvalue weighted by molar-refractivity contribution is 0.173. The van der Waals surface area contributed by atoms with E-state index in [1.807, 2.05) is 39.0 Å². The van der Waals surface area contributed by atoms with Crippen LogP contribution in [0.4, 0.5) is 0 Å². The highest BCUT2D eigenvalue weighted by atomic mass is 16.5. The maximum atomic E-state index is 10.2. The Morgan fingerprint density at radius 3 is 1.81 bits per heavy atom. The molecule has 0 aliphatic rings. The van der Waals surface area contributed by atoms with Crippen LogP contribution in [0.5, 0.6) is 5.75 Å². The van der Waals surface area contributed by atoms with Crippen LogP contribution in [0.15, 0.2) is 35.9 Å². The number of phenolic OH excluding ortho intramolecular Hbond substituents is 1. The summed E-state index contributed by atoms with van der Waals surface area (Å²) in [5.41, 5.74) is 3.64. The molecule has 6 nitrogen and oxygen atoms in total. The molecule has 6 heteroatoms. The molecule has 1 aromatic carbocycles. The third-order valence-electron chi connectivity index (χ3n) is 4.39. The monoisotopic (exact) mass is 454 g/mol. The Hall–Kier alpha value is -1.70. The fourth-order valence-corrected chi connectivity index (χ4v) is 2.85. The lowest BCUT2D eigenvalue weighted by atomic mass is 10.0. The summed E-state index contributed by atoms with van der Waals surface area (Å²) < 4.78 is 20.2. The highest BCUT2D eigenvalue weighted by molar-refractivity contribution is 5.43. The summed E-state index contributed by atoms with van der Waals surface area (Å²) in [4.78, 5) is 0. The van der Waals surface area contributed by atoms with Crippen LogP contribution in [-0.4, -0.2) is 58.0 Å². The van der Waals surface area contributed by atoms with Crippen molar-refractivity contribution in [1.29, 1.82) is 0 Å². The van der Waals surface area contributed by atoms with Crippen LogP contribution < -0.4 is 0 Å². The largest absolute Gasteiger partial charge is 0.507 e. The van der Waals surface area contributed by atoms with Gasteiger partial charge in [-0.2, -0.15) is 0 Å². The van der Waals surface area contributed by atoms with Gasteiger partial charge in [0.1, 0.15) is 5.75 Å². The van der Waals surface area contributed by atoms with Crippen molar-refractivity contribution in [1.82, 2.24) is 0 Å². The van der Waals surface area contributed by atoms with E-state index in [1.54, 1.807) is 35.4 Å². The molecular weight excluding hydrogens is 408 g/mol. The zero-order chi connectivity index (χ0) is 24.9. The van der Waals surface area contributed by atoms with Crippen molar-refractivity contribution in [2.75, 3.05) is 41.7 Å². The molecule has 2 unspecified atom stereocenters. The maximum Gasteiger partial charge on any atom is 0.126 e. The molecule has 2 atom stereocenters. The van der Waals surface area contributed by atoms with Crippen LogP contribution in [0.25, 0.3) is 0 Å². The van der Waals surface area contributed by atoms with Crippen LogP contribution in [0.1, 0.15) is 51.3 Å². The van der Waals surface area contributed by atoms with Crippen molar-refractivity contribution in [3.05, 3.63) is 52.6 Å². The lowest BCUT2D eigenvalue weighted by Gasteiger charge is -2.12. The normalized spacial score (nSPS) is 13.1. The lowest BCUT2D eigenvalue weighted by Crippen LogP contribution is -2.09. The first kappa shape index (κ1) is 32.5. The predicted molar refractivity (Wildman–Crippen MR) is 132 cm³/mol. The van der Waals surface area contributed by atoms with Gasteiger partial charge in [-0.1, -0.05) is 39.0 Å². The zero-order valence-corrected chi connectivity index (χ0v) is 21.6. The van der Waals surface area contributed by atoms with E-state index in [0.29, 0.717) is 25.7 Å². The number of ether oxygens (including phenoxy) is 4. The van der Waals surface area contributed by atoms with E-state index >= 15 is 0 Å². The molecule has 0 radical (unpaired) electrons. The van der Waals surface area contributed by atoms with Gasteiger partial charge in [0.05, 0.1) is 32.5 Å². The molecule has 2 N–H and O–H groups in total. The standard InChI is InChI=1S/C17H26O4.C7H14O2.C2H6/c1-13(10-19-2)6-5-7-14-8-15(11-20-3)17(18)16(9-14)12-21-4;1-4-7(5-9-3)6(2)8;1-2/h5-6,8-9,13,18H,7,10-12H2,1-4H3;4,6,8H,5H2,1-3H3;1-2H3/b6-5+;7-4-;. The summed E-state index contributed by atoms with van der Waals surface area (Å²) in [6.45, 7) is 11.8. The summed E-state index contributed by atoms with van der Waals surface area (Å²) in [6, 6.07) is 3.95. The van der Waals surface area contributed by atoms with E-state index in [1.165, 1.54) is 0 Å². The molecule has 0 bridgehead atoms. The van der Waals surface area contributed by atoms with Crippen molar-refractivity contribution in [2.24, 2.45) is 5.92 Å². The minimum absolute atomic E-state index is 0.263. The summed E-state index contributed by atoms with van der Waals surface area (Å²) in [5, 5.41) is 19.2. The van der Waals surface area contributed by atoms with Crippen molar-refractivity contribution in [2.45, 2.75) is 60.4 Å². The molecule has 0 aromatic heterocycles. The number of hydrogen-bond acceptors (Lipinski definition) is 6. The number of allylic oxidation sites excluding steroid dienone is 2. The Morgan fingerprint density at radius 2 is 1.47 bits per heavy atom. The second-order valence-corrected chi connectivity index (χ2v) is 7.17.